The highest BCUT2D eigenvalue weighted by Gasteiger charge is 2.19. The van der Waals surface area contributed by atoms with Crippen molar-refractivity contribution in [3.8, 4) is 17.2 Å². The minimum absolute atomic E-state index is 0.0551. The molecule has 1 atom stereocenters. The van der Waals surface area contributed by atoms with Gasteiger partial charge < -0.3 is 19.5 Å². The van der Waals surface area contributed by atoms with Crippen molar-refractivity contribution in [2.75, 3.05) is 20.9 Å². The minimum atomic E-state index is 0.0551. The van der Waals surface area contributed by atoms with Crippen LogP contribution in [0.2, 0.25) is 0 Å². The van der Waals surface area contributed by atoms with E-state index in [4.69, 9.17) is 9.47 Å². The van der Waals surface area contributed by atoms with Crippen LogP contribution in [0.3, 0.4) is 0 Å². The molecule has 1 N–H and O–H groups in total. The number of hydrogen-bond donors (Lipinski definition) is 1. The number of ether oxygens (including phenoxy) is 2. The maximum Gasteiger partial charge on any atom is 0.231 e. The number of fused-ring (bicyclic) bond motifs is 1. The molecular formula is C10H12AlNO3. The highest BCUT2D eigenvalue weighted by atomic mass is 27.0. The van der Waals surface area contributed by atoms with Crippen LogP contribution in [-0.4, -0.2) is 47.2 Å². The number of nitrogens with zero attached hydrogens (tertiary/aromatic N) is 1. The summed E-state index contributed by atoms with van der Waals surface area (Å²) >= 11 is 2.67. The maximum atomic E-state index is 9.82. The molecule has 1 aromatic rings. The lowest BCUT2D eigenvalue weighted by Gasteiger charge is -2.22. The quantitative estimate of drug-likeness (QED) is 0.752. The van der Waals surface area contributed by atoms with E-state index in [1.165, 1.54) is 0 Å². The van der Waals surface area contributed by atoms with Gasteiger partial charge >= 0.3 is 0 Å². The smallest absolute Gasteiger partial charge is 0.231 e. The minimum Gasteiger partial charge on any atom is -0.508 e. The van der Waals surface area contributed by atoms with Gasteiger partial charge in [-0.1, -0.05) is 0 Å². The number of hydrogen-bond acceptors (Lipinski definition) is 4. The van der Waals surface area contributed by atoms with Gasteiger partial charge in [0.15, 0.2) is 27.8 Å². The molecule has 5 heteroatoms. The van der Waals surface area contributed by atoms with Crippen molar-refractivity contribution >= 4 is 16.3 Å². The first-order valence-corrected chi connectivity index (χ1v) is 5.31. The maximum absolute atomic E-state index is 9.82. The van der Waals surface area contributed by atoms with E-state index < -0.39 is 0 Å². The van der Waals surface area contributed by atoms with Gasteiger partial charge in [-0.05, 0) is 30.6 Å². The molecule has 1 aliphatic heterocycles. The molecule has 0 fully saturated rings. The Bertz CT molecular complexity index is 381. The molecule has 0 spiro atoms. The molecule has 0 bridgehead atoms. The van der Waals surface area contributed by atoms with Gasteiger partial charge in [-0.2, -0.15) is 0 Å². The predicted molar refractivity (Wildman–Crippen MR) is 56.4 cm³/mol. The van der Waals surface area contributed by atoms with Gasteiger partial charge in [0.2, 0.25) is 6.79 Å². The van der Waals surface area contributed by atoms with Crippen LogP contribution in [0.15, 0.2) is 12.1 Å². The molecule has 15 heavy (non-hydrogen) atoms. The van der Waals surface area contributed by atoms with Crippen LogP contribution in [-0.2, 0) is 0 Å². The predicted octanol–water partition coefficient (Wildman–Crippen LogP) is 0.850. The Morgan fingerprint density at radius 3 is 2.53 bits per heavy atom. The highest BCUT2D eigenvalue weighted by molar-refractivity contribution is 6.12. The lowest BCUT2D eigenvalue weighted by Crippen LogP contribution is -2.19. The standard InChI is InChI=1S/C10H12NO3.Al/c1-11(2)5-7-3-9-10(4-8(7)12)14-6-13-9;/h3-5,12H,6H2,1-2H3;. The molecule has 0 aliphatic carbocycles. The van der Waals surface area contributed by atoms with Crippen molar-refractivity contribution < 1.29 is 14.6 Å². The Balaban J connectivity index is 2.40. The van der Waals surface area contributed by atoms with E-state index in [0.29, 0.717) is 11.5 Å². The number of aromatic hydroxyl groups is 1. The summed E-state index contributed by atoms with van der Waals surface area (Å²) in [5.41, 5.74) is 0.814. The molecule has 2 radical (unpaired) electrons. The van der Waals surface area contributed by atoms with Crippen molar-refractivity contribution in [2.24, 2.45) is 0 Å². The first-order valence-electron chi connectivity index (χ1n) is 4.64. The lowest BCUT2D eigenvalue weighted by molar-refractivity contribution is 0.174. The zero-order valence-electron chi connectivity index (χ0n) is 8.73. The second-order valence-corrected chi connectivity index (χ2v) is 4.30. The van der Waals surface area contributed by atoms with Gasteiger partial charge in [-0.25, -0.2) is 0 Å². The third kappa shape index (κ3) is 1.91. The second kappa shape index (κ2) is 3.93. The summed E-state index contributed by atoms with van der Waals surface area (Å²) in [5, 5.41) is 9.82. The lowest BCUT2D eigenvalue weighted by atomic mass is 10.1. The highest BCUT2D eigenvalue weighted by Crippen LogP contribution is 2.39. The number of rotatable bonds is 2. The molecule has 1 aromatic carbocycles. The van der Waals surface area contributed by atoms with Gasteiger partial charge in [-0.15, -0.1) is 0 Å². The first kappa shape index (κ1) is 10.6. The van der Waals surface area contributed by atoms with Crippen LogP contribution in [0, 0.1) is 0 Å². The van der Waals surface area contributed by atoms with Crippen molar-refractivity contribution in [1.29, 1.82) is 0 Å². The Morgan fingerprint density at radius 2 is 1.93 bits per heavy atom. The van der Waals surface area contributed by atoms with Crippen molar-refractivity contribution in [3.05, 3.63) is 17.7 Å². The van der Waals surface area contributed by atoms with E-state index in [-0.39, 0.29) is 17.4 Å². The zero-order valence-corrected chi connectivity index (χ0v) is 9.88. The zero-order chi connectivity index (χ0) is 11.0. The summed E-state index contributed by atoms with van der Waals surface area (Å²) in [6.07, 6.45) is 0. The van der Waals surface area contributed by atoms with Gasteiger partial charge in [-0.3, -0.25) is 0 Å². The van der Waals surface area contributed by atoms with Crippen molar-refractivity contribution in [2.45, 2.75) is 4.90 Å². The molecule has 0 amide bonds. The third-order valence-electron chi connectivity index (χ3n) is 2.40. The molecule has 78 valence electrons. The van der Waals surface area contributed by atoms with Gasteiger partial charge in [0.25, 0.3) is 0 Å². The van der Waals surface area contributed by atoms with Gasteiger partial charge in [0.1, 0.15) is 5.75 Å². The van der Waals surface area contributed by atoms with Crippen LogP contribution >= 0.6 is 0 Å². The van der Waals surface area contributed by atoms with Crippen LogP contribution in [0.25, 0.3) is 0 Å². The number of phenols is 1. The van der Waals surface area contributed by atoms with E-state index >= 15 is 0 Å². The molecule has 0 saturated carbocycles. The fourth-order valence-corrected chi connectivity index (χ4v) is 1.73. The molecule has 2 rings (SSSR count). The average Bonchev–Trinajstić information content (AvgIpc) is 2.62. The van der Waals surface area contributed by atoms with Crippen LogP contribution in [0.1, 0.15) is 10.5 Å². The molecule has 4 nitrogen and oxygen atoms in total. The molecule has 1 heterocycles. The monoisotopic (exact) mass is 221 g/mol. The van der Waals surface area contributed by atoms with Crippen LogP contribution in [0.5, 0.6) is 17.2 Å². The van der Waals surface area contributed by atoms with Gasteiger partial charge in [0, 0.05) is 6.07 Å². The Morgan fingerprint density at radius 1 is 1.33 bits per heavy atom. The SMILES string of the molecule is CN(C)[CH]([Al])c1cc2c(cc1O)OCO2. The van der Waals surface area contributed by atoms with Crippen LogP contribution in [0.4, 0.5) is 0 Å². The molecule has 0 aromatic heterocycles. The Kier molecular flexibility index (Phi) is 2.79. The van der Waals surface area contributed by atoms with E-state index in [0.717, 1.165) is 5.56 Å². The van der Waals surface area contributed by atoms with E-state index in [1.54, 1.807) is 6.07 Å². The molecule has 1 unspecified atom stereocenters. The summed E-state index contributed by atoms with van der Waals surface area (Å²) in [5.74, 6) is 1.53. The second-order valence-electron chi connectivity index (χ2n) is 3.67. The van der Waals surface area contributed by atoms with Gasteiger partial charge in [0.05, 0.1) is 0 Å². The number of benzene rings is 1. The largest absolute Gasteiger partial charge is 0.508 e. The van der Waals surface area contributed by atoms with Crippen molar-refractivity contribution in [1.82, 2.24) is 4.90 Å². The van der Waals surface area contributed by atoms with Crippen molar-refractivity contribution in [3.63, 3.8) is 0 Å². The van der Waals surface area contributed by atoms with E-state index in [1.807, 2.05) is 25.1 Å². The average molecular weight is 221 g/mol. The third-order valence-corrected chi connectivity index (χ3v) is 3.35. The summed E-state index contributed by atoms with van der Waals surface area (Å²) in [7, 11) is 3.89. The molecule has 0 saturated heterocycles. The van der Waals surface area contributed by atoms with E-state index in [9.17, 15) is 5.11 Å². The summed E-state index contributed by atoms with van der Waals surface area (Å²) < 4.78 is 10.4. The normalized spacial score (nSPS) is 15.7. The van der Waals surface area contributed by atoms with Crippen LogP contribution < -0.4 is 9.47 Å². The topological polar surface area (TPSA) is 41.9 Å². The first-order chi connectivity index (χ1) is 7.09. The fourth-order valence-electron chi connectivity index (χ4n) is 1.46. The summed E-state index contributed by atoms with van der Waals surface area (Å²) in [6, 6.07) is 3.41. The molecular weight excluding hydrogens is 209 g/mol. The number of phenolic OH excluding ortho intramolecular Hbond substituents is 1. The Labute approximate surface area is 96.8 Å². The molecule has 1 aliphatic rings. The fraction of sp³-hybridized carbons (Fsp3) is 0.400. The van der Waals surface area contributed by atoms with E-state index in [2.05, 4.69) is 16.3 Å². The Hall–Kier alpha value is -0.888. The summed E-state index contributed by atoms with van der Waals surface area (Å²) in [4.78, 5) is 2.04. The summed E-state index contributed by atoms with van der Waals surface area (Å²) in [6.45, 7) is 0.224.